The van der Waals surface area contributed by atoms with E-state index >= 15 is 0 Å². The summed E-state index contributed by atoms with van der Waals surface area (Å²) in [5.74, 6) is -0.413. The largest absolute Gasteiger partial charge is 0.468 e. The normalized spacial score (nSPS) is 12.4. The maximum Gasteiger partial charge on any atom is 0.322 e. The third-order valence-corrected chi connectivity index (χ3v) is 2.09. The SMILES string of the molecule is COCCCOCCOCCC(N)C(=O)OC. The summed E-state index contributed by atoms with van der Waals surface area (Å²) >= 11 is 0. The van der Waals surface area contributed by atoms with Crippen LogP contribution in [0.15, 0.2) is 0 Å². The van der Waals surface area contributed by atoms with Crippen LogP contribution in [0.25, 0.3) is 0 Å². The summed E-state index contributed by atoms with van der Waals surface area (Å²) in [6, 6.07) is -0.609. The van der Waals surface area contributed by atoms with Gasteiger partial charge in [0.1, 0.15) is 6.04 Å². The van der Waals surface area contributed by atoms with Crippen LogP contribution in [-0.2, 0) is 23.7 Å². The Morgan fingerprint density at radius 1 is 1.06 bits per heavy atom. The molecule has 6 nitrogen and oxygen atoms in total. The molecule has 0 amide bonds. The van der Waals surface area contributed by atoms with Crippen LogP contribution in [0.4, 0.5) is 0 Å². The van der Waals surface area contributed by atoms with Crippen LogP contribution in [-0.4, -0.2) is 59.3 Å². The van der Waals surface area contributed by atoms with Crippen LogP contribution in [0.1, 0.15) is 12.8 Å². The molecular weight excluding hydrogens is 226 g/mol. The fourth-order valence-corrected chi connectivity index (χ4v) is 1.11. The van der Waals surface area contributed by atoms with Crippen molar-refractivity contribution in [3.63, 3.8) is 0 Å². The Hall–Kier alpha value is -0.690. The molecule has 2 N–H and O–H groups in total. The van der Waals surface area contributed by atoms with Crippen molar-refractivity contribution in [2.75, 3.05) is 47.3 Å². The first kappa shape index (κ1) is 16.3. The second-order valence-electron chi connectivity index (χ2n) is 3.49. The van der Waals surface area contributed by atoms with E-state index in [0.717, 1.165) is 6.42 Å². The number of methoxy groups -OCH3 is 2. The van der Waals surface area contributed by atoms with Crippen LogP contribution >= 0.6 is 0 Å². The van der Waals surface area contributed by atoms with E-state index in [0.29, 0.717) is 39.5 Å². The number of esters is 1. The Labute approximate surface area is 102 Å². The highest BCUT2D eigenvalue weighted by Gasteiger charge is 2.12. The highest BCUT2D eigenvalue weighted by Crippen LogP contribution is 1.92. The number of hydrogen-bond donors (Lipinski definition) is 1. The molecule has 0 fully saturated rings. The molecule has 0 rings (SSSR count). The lowest BCUT2D eigenvalue weighted by molar-refractivity contribution is -0.142. The predicted molar refractivity (Wildman–Crippen MR) is 62.7 cm³/mol. The molecule has 0 aromatic rings. The van der Waals surface area contributed by atoms with Crippen LogP contribution in [0.2, 0.25) is 0 Å². The average Bonchev–Trinajstić information content (AvgIpc) is 2.35. The number of carbonyl (C=O) groups is 1. The zero-order chi connectivity index (χ0) is 12.9. The van der Waals surface area contributed by atoms with E-state index in [9.17, 15) is 4.79 Å². The minimum absolute atomic E-state index is 0.413. The van der Waals surface area contributed by atoms with E-state index in [1.54, 1.807) is 7.11 Å². The van der Waals surface area contributed by atoms with Crippen LogP contribution < -0.4 is 5.73 Å². The van der Waals surface area contributed by atoms with E-state index in [1.807, 2.05) is 0 Å². The Kier molecular flexibility index (Phi) is 11.3. The van der Waals surface area contributed by atoms with Crippen molar-refractivity contribution in [3.8, 4) is 0 Å². The molecule has 0 saturated carbocycles. The molecular formula is C11H23NO5. The summed E-state index contributed by atoms with van der Waals surface area (Å²) in [5, 5.41) is 0. The number of hydrogen-bond acceptors (Lipinski definition) is 6. The molecule has 0 bridgehead atoms. The lowest BCUT2D eigenvalue weighted by atomic mass is 10.2. The zero-order valence-electron chi connectivity index (χ0n) is 10.6. The summed E-state index contributed by atoms with van der Waals surface area (Å²) in [6.07, 6.45) is 1.33. The van der Waals surface area contributed by atoms with Crippen molar-refractivity contribution in [2.24, 2.45) is 5.73 Å². The smallest absolute Gasteiger partial charge is 0.322 e. The molecule has 0 aliphatic rings. The summed E-state index contributed by atoms with van der Waals surface area (Å²) in [6.45, 7) is 2.84. The maximum atomic E-state index is 10.9. The van der Waals surface area contributed by atoms with Crippen LogP contribution in [0, 0.1) is 0 Å². The monoisotopic (exact) mass is 249 g/mol. The molecule has 6 heteroatoms. The Balaban J connectivity index is 3.15. The molecule has 0 aliphatic heterocycles. The van der Waals surface area contributed by atoms with Gasteiger partial charge in [0.15, 0.2) is 0 Å². The van der Waals surface area contributed by atoms with Gasteiger partial charge in [0, 0.05) is 26.9 Å². The number of rotatable bonds is 11. The topological polar surface area (TPSA) is 80.0 Å². The average molecular weight is 249 g/mol. The van der Waals surface area contributed by atoms with Gasteiger partial charge in [0.05, 0.1) is 20.3 Å². The third-order valence-electron chi connectivity index (χ3n) is 2.09. The summed E-state index contributed by atoms with van der Waals surface area (Å²) in [4.78, 5) is 10.9. The zero-order valence-corrected chi connectivity index (χ0v) is 10.6. The molecule has 0 aromatic heterocycles. The number of carbonyl (C=O) groups excluding carboxylic acids is 1. The van der Waals surface area contributed by atoms with Gasteiger partial charge >= 0.3 is 5.97 Å². The first-order valence-electron chi connectivity index (χ1n) is 5.70. The minimum Gasteiger partial charge on any atom is -0.468 e. The van der Waals surface area contributed by atoms with Gasteiger partial charge < -0.3 is 24.7 Å². The fraction of sp³-hybridized carbons (Fsp3) is 0.909. The van der Waals surface area contributed by atoms with Crippen molar-refractivity contribution >= 4 is 5.97 Å². The highest BCUT2D eigenvalue weighted by atomic mass is 16.5. The first-order valence-corrected chi connectivity index (χ1v) is 5.70. The molecule has 1 atom stereocenters. The van der Waals surface area contributed by atoms with Crippen molar-refractivity contribution in [1.29, 1.82) is 0 Å². The molecule has 0 spiro atoms. The summed E-state index contributed by atoms with van der Waals surface area (Å²) < 4.78 is 19.9. The van der Waals surface area contributed by atoms with Gasteiger partial charge in [-0.2, -0.15) is 0 Å². The second-order valence-corrected chi connectivity index (χ2v) is 3.49. The van der Waals surface area contributed by atoms with Crippen molar-refractivity contribution in [2.45, 2.75) is 18.9 Å². The Morgan fingerprint density at radius 3 is 2.29 bits per heavy atom. The van der Waals surface area contributed by atoms with Gasteiger partial charge in [-0.05, 0) is 12.8 Å². The van der Waals surface area contributed by atoms with E-state index < -0.39 is 12.0 Å². The van der Waals surface area contributed by atoms with Gasteiger partial charge in [-0.15, -0.1) is 0 Å². The molecule has 1 unspecified atom stereocenters. The lowest BCUT2D eigenvalue weighted by Crippen LogP contribution is -2.32. The molecule has 0 heterocycles. The molecule has 0 radical (unpaired) electrons. The van der Waals surface area contributed by atoms with Gasteiger partial charge in [-0.3, -0.25) is 4.79 Å². The molecule has 17 heavy (non-hydrogen) atoms. The number of nitrogens with two attached hydrogens (primary N) is 1. The van der Waals surface area contributed by atoms with E-state index in [1.165, 1.54) is 7.11 Å². The summed E-state index contributed by atoms with van der Waals surface area (Å²) in [7, 11) is 2.98. The second kappa shape index (κ2) is 11.8. The van der Waals surface area contributed by atoms with Crippen molar-refractivity contribution in [3.05, 3.63) is 0 Å². The van der Waals surface area contributed by atoms with Gasteiger partial charge in [-0.25, -0.2) is 0 Å². The quantitative estimate of drug-likeness (QED) is 0.408. The summed E-state index contributed by atoms with van der Waals surface area (Å²) in [5.41, 5.74) is 5.52. The highest BCUT2D eigenvalue weighted by molar-refractivity contribution is 5.75. The Bertz CT molecular complexity index is 189. The molecule has 0 saturated heterocycles. The fourth-order valence-electron chi connectivity index (χ4n) is 1.11. The van der Waals surface area contributed by atoms with E-state index in [4.69, 9.17) is 19.9 Å². The lowest BCUT2D eigenvalue weighted by Gasteiger charge is -2.09. The van der Waals surface area contributed by atoms with Crippen molar-refractivity contribution < 1.29 is 23.7 Å². The predicted octanol–water partition coefficient (Wildman–Crippen LogP) is -0.0535. The maximum absolute atomic E-state index is 10.9. The molecule has 102 valence electrons. The van der Waals surface area contributed by atoms with Gasteiger partial charge in [-0.1, -0.05) is 0 Å². The first-order chi connectivity index (χ1) is 8.22. The molecule has 0 aliphatic carbocycles. The minimum atomic E-state index is -0.609. The van der Waals surface area contributed by atoms with E-state index in [-0.39, 0.29) is 0 Å². The van der Waals surface area contributed by atoms with Crippen molar-refractivity contribution in [1.82, 2.24) is 0 Å². The van der Waals surface area contributed by atoms with Gasteiger partial charge in [0.25, 0.3) is 0 Å². The Morgan fingerprint density at radius 2 is 1.71 bits per heavy atom. The van der Waals surface area contributed by atoms with Crippen LogP contribution in [0.5, 0.6) is 0 Å². The third kappa shape index (κ3) is 10.2. The standard InChI is InChI=1S/C11H23NO5/c1-14-5-3-6-16-8-9-17-7-4-10(12)11(13)15-2/h10H,3-9,12H2,1-2H3. The van der Waals surface area contributed by atoms with E-state index in [2.05, 4.69) is 4.74 Å². The van der Waals surface area contributed by atoms with Gasteiger partial charge in [0.2, 0.25) is 0 Å². The van der Waals surface area contributed by atoms with Crippen LogP contribution in [0.3, 0.4) is 0 Å². The molecule has 0 aromatic carbocycles. The number of ether oxygens (including phenoxy) is 4.